The van der Waals surface area contributed by atoms with Gasteiger partial charge in [-0.15, -0.1) is 0 Å². The van der Waals surface area contributed by atoms with Crippen molar-refractivity contribution in [3.8, 4) is 11.5 Å². The number of carbonyl (C=O) groups excluding carboxylic acids is 2. The van der Waals surface area contributed by atoms with Crippen LogP contribution in [0.4, 0.5) is 5.69 Å². The summed E-state index contributed by atoms with van der Waals surface area (Å²) < 4.78 is 10.8. The van der Waals surface area contributed by atoms with E-state index in [-0.39, 0.29) is 36.2 Å². The number of nitrogens with zero attached hydrogens (tertiary/aromatic N) is 2. The van der Waals surface area contributed by atoms with Gasteiger partial charge in [0.25, 0.3) is 5.91 Å². The topological polar surface area (TPSA) is 111 Å². The SMILES string of the molecule is CCCNC(=O)[C@@H](Cc1ccccc1)N(Cc1ccccc1)C(=O)COc1ccc([N+](=O)[O-])c(OC)c1. The number of methoxy groups -OCH3 is 1. The minimum Gasteiger partial charge on any atom is -0.490 e. The Morgan fingerprint density at radius 2 is 1.65 bits per heavy atom. The van der Waals surface area contributed by atoms with E-state index in [1.54, 1.807) is 0 Å². The highest BCUT2D eigenvalue weighted by Gasteiger charge is 2.30. The molecule has 3 rings (SSSR count). The van der Waals surface area contributed by atoms with E-state index >= 15 is 0 Å². The summed E-state index contributed by atoms with van der Waals surface area (Å²) in [7, 11) is 1.32. The van der Waals surface area contributed by atoms with Gasteiger partial charge in [0.05, 0.1) is 12.0 Å². The summed E-state index contributed by atoms with van der Waals surface area (Å²) in [4.78, 5) is 39.0. The van der Waals surface area contributed by atoms with Gasteiger partial charge in [-0.2, -0.15) is 0 Å². The summed E-state index contributed by atoms with van der Waals surface area (Å²) in [5.41, 5.74) is 1.59. The normalized spacial score (nSPS) is 11.3. The molecule has 3 aromatic rings. The van der Waals surface area contributed by atoms with Gasteiger partial charge in [0.2, 0.25) is 11.7 Å². The number of nitrogens with one attached hydrogen (secondary N) is 1. The maximum absolute atomic E-state index is 13.5. The number of hydrogen-bond donors (Lipinski definition) is 1. The summed E-state index contributed by atoms with van der Waals surface area (Å²) >= 11 is 0. The van der Waals surface area contributed by atoms with E-state index in [9.17, 15) is 19.7 Å². The fourth-order valence-corrected chi connectivity index (χ4v) is 3.83. The van der Waals surface area contributed by atoms with Gasteiger partial charge in [-0.1, -0.05) is 67.6 Å². The van der Waals surface area contributed by atoms with Crippen LogP contribution < -0.4 is 14.8 Å². The molecule has 0 bridgehead atoms. The van der Waals surface area contributed by atoms with Crippen molar-refractivity contribution in [3.05, 3.63) is 100 Å². The molecule has 0 fully saturated rings. The fourth-order valence-electron chi connectivity index (χ4n) is 3.83. The Kier molecular flexibility index (Phi) is 10.0. The highest BCUT2D eigenvalue weighted by Crippen LogP contribution is 2.30. The standard InChI is InChI=1S/C28H31N3O6/c1-3-16-29-28(33)25(17-21-10-6-4-7-11-21)30(19-22-12-8-5-9-13-22)27(32)20-37-23-14-15-24(31(34)35)26(18-23)36-2/h4-15,18,25H,3,16-17,19-20H2,1-2H3,(H,29,33)/t25-/m1/s1. The first-order chi connectivity index (χ1) is 17.9. The van der Waals surface area contributed by atoms with Crippen LogP contribution in [0.1, 0.15) is 24.5 Å². The molecule has 9 nitrogen and oxygen atoms in total. The molecule has 37 heavy (non-hydrogen) atoms. The third-order valence-electron chi connectivity index (χ3n) is 5.73. The third kappa shape index (κ3) is 7.79. The molecule has 2 amide bonds. The van der Waals surface area contributed by atoms with Crippen LogP contribution in [-0.4, -0.2) is 47.9 Å². The van der Waals surface area contributed by atoms with Crippen molar-refractivity contribution in [1.29, 1.82) is 0 Å². The predicted octanol–water partition coefficient (Wildman–Crippen LogP) is 4.15. The average molecular weight is 506 g/mol. The largest absolute Gasteiger partial charge is 0.490 e. The molecule has 0 radical (unpaired) electrons. The predicted molar refractivity (Wildman–Crippen MR) is 139 cm³/mol. The number of rotatable bonds is 13. The summed E-state index contributed by atoms with van der Waals surface area (Å²) in [5, 5.41) is 14.1. The van der Waals surface area contributed by atoms with Gasteiger partial charge in [-0.3, -0.25) is 19.7 Å². The van der Waals surface area contributed by atoms with E-state index in [2.05, 4.69) is 5.32 Å². The van der Waals surface area contributed by atoms with Crippen molar-refractivity contribution in [2.75, 3.05) is 20.3 Å². The minimum absolute atomic E-state index is 0.0250. The maximum atomic E-state index is 13.5. The first-order valence-electron chi connectivity index (χ1n) is 12.0. The molecule has 0 aromatic heterocycles. The Bertz CT molecular complexity index is 1190. The highest BCUT2D eigenvalue weighted by atomic mass is 16.6. The van der Waals surface area contributed by atoms with Crippen LogP contribution in [0.15, 0.2) is 78.9 Å². The monoisotopic (exact) mass is 505 g/mol. The molecule has 0 heterocycles. The molecule has 194 valence electrons. The van der Waals surface area contributed by atoms with E-state index in [1.807, 2.05) is 67.6 Å². The zero-order valence-corrected chi connectivity index (χ0v) is 21.0. The second kappa shape index (κ2) is 13.6. The maximum Gasteiger partial charge on any atom is 0.311 e. The molecule has 9 heteroatoms. The number of nitro groups is 1. The number of amides is 2. The average Bonchev–Trinajstić information content (AvgIpc) is 2.93. The summed E-state index contributed by atoms with van der Waals surface area (Å²) in [6.45, 7) is 2.31. The number of ether oxygens (including phenoxy) is 2. The molecule has 1 atom stereocenters. The van der Waals surface area contributed by atoms with Crippen molar-refractivity contribution in [2.24, 2.45) is 0 Å². The highest BCUT2D eigenvalue weighted by molar-refractivity contribution is 5.88. The quantitative estimate of drug-likeness (QED) is 0.276. The van der Waals surface area contributed by atoms with Crippen LogP contribution >= 0.6 is 0 Å². The Labute approximate surface area is 216 Å². The molecule has 3 aromatic carbocycles. The lowest BCUT2D eigenvalue weighted by Gasteiger charge is -2.31. The van der Waals surface area contributed by atoms with Gasteiger partial charge in [0.1, 0.15) is 11.8 Å². The van der Waals surface area contributed by atoms with Crippen LogP contribution in [-0.2, 0) is 22.6 Å². The molecular formula is C28H31N3O6. The van der Waals surface area contributed by atoms with Crippen LogP contribution in [0.3, 0.4) is 0 Å². The molecule has 0 saturated carbocycles. The van der Waals surface area contributed by atoms with Crippen molar-refractivity contribution in [1.82, 2.24) is 10.2 Å². The first kappa shape index (κ1) is 27.2. The van der Waals surface area contributed by atoms with Gasteiger partial charge in [-0.05, 0) is 23.6 Å². The smallest absolute Gasteiger partial charge is 0.311 e. The van der Waals surface area contributed by atoms with E-state index < -0.39 is 16.9 Å². The van der Waals surface area contributed by atoms with Gasteiger partial charge in [0, 0.05) is 31.6 Å². The third-order valence-corrected chi connectivity index (χ3v) is 5.73. The Morgan fingerprint density at radius 1 is 1.00 bits per heavy atom. The van der Waals surface area contributed by atoms with Crippen molar-refractivity contribution < 1.29 is 24.0 Å². The van der Waals surface area contributed by atoms with E-state index in [1.165, 1.54) is 30.2 Å². The Morgan fingerprint density at radius 3 is 2.24 bits per heavy atom. The van der Waals surface area contributed by atoms with Gasteiger partial charge in [0.15, 0.2) is 6.61 Å². The van der Waals surface area contributed by atoms with Crippen LogP contribution in [0.25, 0.3) is 0 Å². The van der Waals surface area contributed by atoms with E-state index in [0.717, 1.165) is 17.5 Å². The van der Waals surface area contributed by atoms with E-state index in [0.29, 0.717) is 13.0 Å². The molecule has 0 aliphatic carbocycles. The summed E-state index contributed by atoms with van der Waals surface area (Å²) in [5.74, 6) is -0.372. The molecule has 0 aliphatic rings. The fraction of sp³-hybridized carbons (Fsp3) is 0.286. The Hall–Kier alpha value is -4.40. The first-order valence-corrected chi connectivity index (χ1v) is 12.0. The number of benzene rings is 3. The van der Waals surface area contributed by atoms with Crippen molar-refractivity contribution in [2.45, 2.75) is 32.4 Å². The number of nitro benzene ring substituents is 1. The number of carbonyl (C=O) groups is 2. The van der Waals surface area contributed by atoms with E-state index in [4.69, 9.17) is 9.47 Å². The second-order valence-electron chi connectivity index (χ2n) is 8.38. The molecule has 0 aliphatic heterocycles. The van der Waals surface area contributed by atoms with Crippen molar-refractivity contribution in [3.63, 3.8) is 0 Å². The molecule has 0 saturated heterocycles. The molecule has 1 N–H and O–H groups in total. The minimum atomic E-state index is -0.767. The van der Waals surface area contributed by atoms with Gasteiger partial charge in [-0.25, -0.2) is 0 Å². The van der Waals surface area contributed by atoms with Gasteiger partial charge >= 0.3 is 5.69 Å². The lowest BCUT2D eigenvalue weighted by molar-refractivity contribution is -0.385. The Balaban J connectivity index is 1.87. The molecule has 0 unspecified atom stereocenters. The van der Waals surface area contributed by atoms with Crippen LogP contribution in [0.5, 0.6) is 11.5 Å². The second-order valence-corrected chi connectivity index (χ2v) is 8.38. The van der Waals surface area contributed by atoms with Crippen LogP contribution in [0, 0.1) is 10.1 Å². The lowest BCUT2D eigenvalue weighted by Crippen LogP contribution is -2.51. The summed E-state index contributed by atoms with van der Waals surface area (Å²) in [6.07, 6.45) is 1.10. The zero-order valence-electron chi connectivity index (χ0n) is 21.0. The number of hydrogen-bond acceptors (Lipinski definition) is 6. The molecular weight excluding hydrogens is 474 g/mol. The molecule has 0 spiro atoms. The van der Waals surface area contributed by atoms with Crippen molar-refractivity contribution >= 4 is 17.5 Å². The van der Waals surface area contributed by atoms with Gasteiger partial charge < -0.3 is 19.7 Å². The lowest BCUT2D eigenvalue weighted by atomic mass is 10.0. The van der Waals surface area contributed by atoms with Crippen LogP contribution in [0.2, 0.25) is 0 Å². The summed E-state index contributed by atoms with van der Waals surface area (Å²) in [6, 6.07) is 22.2. The zero-order chi connectivity index (χ0) is 26.6.